The van der Waals surface area contributed by atoms with Crippen molar-refractivity contribution < 1.29 is 18.9 Å². The molecular formula is C51H68O4. The van der Waals surface area contributed by atoms with Crippen LogP contribution in [0, 0.1) is 17.3 Å². The quantitative estimate of drug-likeness (QED) is 0.0613. The van der Waals surface area contributed by atoms with E-state index in [1.807, 2.05) is 32.9 Å². The third-order valence-corrected chi connectivity index (χ3v) is 11.8. The number of allylic oxidation sites excluding steroid dienone is 2. The Balaban J connectivity index is 0.00000285. The fourth-order valence-electron chi connectivity index (χ4n) is 8.66. The van der Waals surface area contributed by atoms with E-state index in [0.29, 0.717) is 43.5 Å². The molecular weight excluding hydrogens is 677 g/mol. The van der Waals surface area contributed by atoms with Crippen LogP contribution in [0.4, 0.5) is 0 Å². The Labute approximate surface area is 333 Å². The number of hydrogen-bond acceptors (Lipinski definition) is 4. The minimum atomic E-state index is -0.351. The van der Waals surface area contributed by atoms with Crippen molar-refractivity contribution in [1.82, 2.24) is 0 Å². The highest BCUT2D eigenvalue weighted by atomic mass is 16.7. The Morgan fingerprint density at radius 2 is 1.51 bits per heavy atom. The summed E-state index contributed by atoms with van der Waals surface area (Å²) in [6.07, 6.45) is 11.4. The smallest absolute Gasteiger partial charge is 0.197 e. The van der Waals surface area contributed by atoms with Gasteiger partial charge in [0.2, 0.25) is 0 Å². The van der Waals surface area contributed by atoms with Crippen LogP contribution in [0.5, 0.6) is 11.5 Å². The predicted octanol–water partition coefficient (Wildman–Crippen LogP) is 14.0. The van der Waals surface area contributed by atoms with E-state index < -0.39 is 0 Å². The molecule has 0 N–H and O–H groups in total. The standard InChI is InChI=1S/C49H62O4.C2H6/c1-8-11-35(4)39-16-23-45(24-17-39)53-37(6)50-28-29-51-44-21-18-41(19-22-44)43-20-25-47-46(32-43)48(26-27-49(47,7)36(5)30-34(2)3)52-33-38-14-15-40-12-9-10-13-42(40)31-38;1-2/h9-10,12-19,21-24,26-27,31,34-37,43,48H,8,11,20,25,28-30,32-33H2,1-7H3;1-2H3. The maximum absolute atomic E-state index is 6.79. The SMILES string of the molecule is CC.CCCC(C)c1ccc(OC(C)OCCOc2ccc(C3CCC4=C(C3)C(OCc3ccc5ccccc5c3)C=CC4(C)C(C)CC(C)C)cc2)cc1. The summed E-state index contributed by atoms with van der Waals surface area (Å²) in [5.41, 5.74) is 7.12. The third-order valence-electron chi connectivity index (χ3n) is 11.8. The molecule has 0 heterocycles. The molecule has 0 saturated carbocycles. The van der Waals surface area contributed by atoms with Crippen LogP contribution in [0.2, 0.25) is 0 Å². The molecule has 0 fully saturated rings. The lowest BCUT2D eigenvalue weighted by Crippen LogP contribution is -2.36. The Bertz CT molecular complexity index is 1820. The van der Waals surface area contributed by atoms with Crippen molar-refractivity contribution in [2.75, 3.05) is 13.2 Å². The number of rotatable bonds is 17. The molecule has 0 bridgehead atoms. The molecule has 4 aromatic rings. The Hall–Kier alpha value is -3.86. The van der Waals surface area contributed by atoms with Crippen molar-refractivity contribution in [1.29, 1.82) is 0 Å². The lowest BCUT2D eigenvalue weighted by Gasteiger charge is -2.45. The zero-order chi connectivity index (χ0) is 39.4. The van der Waals surface area contributed by atoms with Gasteiger partial charge in [-0.1, -0.05) is 140 Å². The highest BCUT2D eigenvalue weighted by Crippen LogP contribution is 2.52. The number of hydrogen-bond donors (Lipinski definition) is 0. The maximum Gasteiger partial charge on any atom is 0.197 e. The van der Waals surface area contributed by atoms with Crippen LogP contribution >= 0.6 is 0 Å². The van der Waals surface area contributed by atoms with Crippen LogP contribution < -0.4 is 9.47 Å². The van der Waals surface area contributed by atoms with Gasteiger partial charge in [-0.15, -0.1) is 0 Å². The summed E-state index contributed by atoms with van der Waals surface area (Å²) in [6, 6.07) is 32.4. The van der Waals surface area contributed by atoms with E-state index in [1.165, 1.54) is 52.3 Å². The fourth-order valence-corrected chi connectivity index (χ4v) is 8.66. The van der Waals surface area contributed by atoms with Crippen molar-refractivity contribution in [3.8, 4) is 11.5 Å². The molecule has 2 aliphatic carbocycles. The Morgan fingerprint density at radius 3 is 2.22 bits per heavy atom. The number of fused-ring (bicyclic) bond motifs is 1. The Kier molecular flexibility index (Phi) is 15.6. The van der Waals surface area contributed by atoms with Crippen LogP contribution in [0.25, 0.3) is 10.8 Å². The average Bonchev–Trinajstić information content (AvgIpc) is 3.20. The number of benzene rings is 4. The fraction of sp³-hybridized carbons (Fsp3) is 0.490. The average molecular weight is 745 g/mol. The van der Waals surface area contributed by atoms with Gasteiger partial charge in [0.1, 0.15) is 18.1 Å². The van der Waals surface area contributed by atoms with Gasteiger partial charge in [0.25, 0.3) is 0 Å². The Morgan fingerprint density at radius 1 is 0.800 bits per heavy atom. The first kappa shape index (κ1) is 42.3. The summed E-state index contributed by atoms with van der Waals surface area (Å²) < 4.78 is 24.8. The molecule has 55 heavy (non-hydrogen) atoms. The van der Waals surface area contributed by atoms with Gasteiger partial charge in [-0.25, -0.2) is 0 Å². The highest BCUT2D eigenvalue weighted by Gasteiger charge is 2.41. The topological polar surface area (TPSA) is 36.9 Å². The van der Waals surface area contributed by atoms with Crippen LogP contribution in [0.3, 0.4) is 0 Å². The lowest BCUT2D eigenvalue weighted by molar-refractivity contribution is -0.0739. The van der Waals surface area contributed by atoms with Gasteiger partial charge >= 0.3 is 0 Å². The predicted molar refractivity (Wildman–Crippen MR) is 231 cm³/mol. The molecule has 0 radical (unpaired) electrons. The summed E-state index contributed by atoms with van der Waals surface area (Å²) in [7, 11) is 0. The van der Waals surface area contributed by atoms with Gasteiger partial charge in [0.15, 0.2) is 6.29 Å². The van der Waals surface area contributed by atoms with Crippen LogP contribution in [0.15, 0.2) is 114 Å². The molecule has 0 amide bonds. The largest absolute Gasteiger partial charge is 0.491 e. The van der Waals surface area contributed by atoms with Gasteiger partial charge in [0, 0.05) is 5.41 Å². The van der Waals surface area contributed by atoms with Crippen molar-refractivity contribution in [2.45, 2.75) is 132 Å². The molecule has 4 nitrogen and oxygen atoms in total. The molecule has 0 spiro atoms. The molecule has 6 unspecified atom stereocenters. The van der Waals surface area contributed by atoms with Crippen molar-refractivity contribution in [3.63, 3.8) is 0 Å². The first-order chi connectivity index (χ1) is 26.6. The molecule has 4 heteroatoms. The van der Waals surface area contributed by atoms with Crippen molar-refractivity contribution >= 4 is 10.8 Å². The van der Waals surface area contributed by atoms with E-state index in [1.54, 1.807) is 5.57 Å². The summed E-state index contributed by atoms with van der Waals surface area (Å²) >= 11 is 0. The molecule has 4 aromatic carbocycles. The summed E-state index contributed by atoms with van der Waals surface area (Å²) in [5.74, 6) is 3.96. The second-order valence-electron chi connectivity index (χ2n) is 16.3. The zero-order valence-corrected chi connectivity index (χ0v) is 35.3. The summed E-state index contributed by atoms with van der Waals surface area (Å²) in [5, 5.41) is 2.53. The highest BCUT2D eigenvalue weighted by molar-refractivity contribution is 5.82. The second-order valence-corrected chi connectivity index (χ2v) is 16.3. The van der Waals surface area contributed by atoms with Crippen LogP contribution in [0.1, 0.15) is 129 Å². The first-order valence-electron chi connectivity index (χ1n) is 21.2. The summed E-state index contributed by atoms with van der Waals surface area (Å²) in [6.45, 7) is 21.6. The summed E-state index contributed by atoms with van der Waals surface area (Å²) in [4.78, 5) is 0. The molecule has 0 aromatic heterocycles. The molecule has 0 aliphatic heterocycles. The monoisotopic (exact) mass is 745 g/mol. The maximum atomic E-state index is 6.79. The van der Waals surface area contributed by atoms with Crippen LogP contribution in [-0.4, -0.2) is 25.6 Å². The van der Waals surface area contributed by atoms with Gasteiger partial charge in [-0.05, 0) is 126 Å². The molecule has 0 saturated heterocycles. The molecule has 296 valence electrons. The third kappa shape index (κ3) is 11.1. The normalized spacial score (nSPS) is 21.1. The second kappa shape index (κ2) is 20.3. The molecule has 2 aliphatic rings. The minimum Gasteiger partial charge on any atom is -0.491 e. The van der Waals surface area contributed by atoms with Crippen molar-refractivity contribution in [2.24, 2.45) is 17.3 Å². The van der Waals surface area contributed by atoms with E-state index >= 15 is 0 Å². The number of ether oxygens (including phenoxy) is 4. The molecule has 6 rings (SSSR count). The first-order valence-corrected chi connectivity index (χ1v) is 21.2. The van der Waals surface area contributed by atoms with Gasteiger partial charge < -0.3 is 18.9 Å². The van der Waals surface area contributed by atoms with E-state index in [-0.39, 0.29) is 17.8 Å². The van der Waals surface area contributed by atoms with Gasteiger partial charge in [-0.2, -0.15) is 0 Å². The van der Waals surface area contributed by atoms with Crippen molar-refractivity contribution in [3.05, 3.63) is 131 Å². The van der Waals surface area contributed by atoms with E-state index in [4.69, 9.17) is 18.9 Å². The van der Waals surface area contributed by atoms with E-state index in [0.717, 1.165) is 30.8 Å². The van der Waals surface area contributed by atoms with Crippen LogP contribution in [-0.2, 0) is 16.1 Å². The minimum absolute atomic E-state index is 0.00132. The van der Waals surface area contributed by atoms with Gasteiger partial charge in [-0.3, -0.25) is 0 Å². The lowest BCUT2D eigenvalue weighted by atomic mass is 9.61. The van der Waals surface area contributed by atoms with E-state index in [2.05, 4.69) is 133 Å². The zero-order valence-electron chi connectivity index (χ0n) is 35.3. The van der Waals surface area contributed by atoms with Gasteiger partial charge in [0.05, 0.1) is 19.3 Å². The van der Waals surface area contributed by atoms with E-state index in [9.17, 15) is 0 Å². The molecule has 6 atom stereocenters.